The van der Waals surface area contributed by atoms with Gasteiger partial charge in [0.05, 0.1) is 6.42 Å². The molecule has 2 fully saturated rings. The summed E-state index contributed by atoms with van der Waals surface area (Å²) in [6.45, 7) is 4.91. The maximum Gasteiger partial charge on any atom is 0.303 e. The molecule has 0 bridgehead atoms. The summed E-state index contributed by atoms with van der Waals surface area (Å²) in [5.41, 5.74) is 0.485. The lowest BCUT2D eigenvalue weighted by atomic mass is 9.98. The maximum atomic E-state index is 12.7. The average Bonchev–Trinajstić information content (AvgIpc) is 3.04. The Morgan fingerprint density at radius 1 is 0.906 bits per heavy atom. The Morgan fingerprint density at radius 2 is 1.53 bits per heavy atom. The lowest BCUT2D eigenvalue weighted by molar-refractivity contribution is -0.266. The van der Waals surface area contributed by atoms with Crippen LogP contribution in [0, 0.1) is 0 Å². The molecule has 3 rings (SSSR count). The highest BCUT2D eigenvalue weighted by atomic mass is 16.8. The quantitative estimate of drug-likeness (QED) is 0.343. The molecule has 0 saturated carbocycles. The second-order valence-electron chi connectivity index (χ2n) is 7.79. The van der Waals surface area contributed by atoms with E-state index < -0.39 is 54.4 Å². The zero-order valence-corrected chi connectivity index (χ0v) is 18.3. The third-order valence-electron chi connectivity index (χ3n) is 4.97. The van der Waals surface area contributed by atoms with Gasteiger partial charge in [0.25, 0.3) is 0 Å². The van der Waals surface area contributed by atoms with Crippen molar-refractivity contribution in [2.75, 3.05) is 6.61 Å². The molecular weight excluding hydrogens is 424 g/mol. The fraction of sp³-hybridized carbons (Fsp3) is 0.545. The topological polar surface area (TPSA) is 124 Å². The van der Waals surface area contributed by atoms with E-state index >= 15 is 0 Å². The number of ketones is 1. The van der Waals surface area contributed by atoms with Gasteiger partial charge >= 0.3 is 17.9 Å². The van der Waals surface area contributed by atoms with Crippen molar-refractivity contribution in [1.82, 2.24) is 0 Å². The second kappa shape index (κ2) is 9.76. The van der Waals surface area contributed by atoms with Crippen molar-refractivity contribution in [1.29, 1.82) is 0 Å². The highest BCUT2D eigenvalue weighted by Gasteiger charge is 2.59. The summed E-state index contributed by atoms with van der Waals surface area (Å²) in [4.78, 5) is 47.5. The van der Waals surface area contributed by atoms with Crippen molar-refractivity contribution < 1.29 is 47.6 Å². The van der Waals surface area contributed by atoms with Crippen LogP contribution in [0.4, 0.5) is 0 Å². The van der Waals surface area contributed by atoms with Gasteiger partial charge in [0.2, 0.25) is 0 Å². The molecule has 0 aromatic heterocycles. The number of esters is 3. The minimum Gasteiger partial charge on any atom is -0.463 e. The molecule has 10 heteroatoms. The maximum absolute atomic E-state index is 12.7. The van der Waals surface area contributed by atoms with E-state index in [1.807, 2.05) is 0 Å². The smallest absolute Gasteiger partial charge is 0.303 e. The van der Waals surface area contributed by atoms with Gasteiger partial charge in [0, 0.05) is 26.3 Å². The van der Waals surface area contributed by atoms with Crippen molar-refractivity contribution in [3.05, 3.63) is 35.9 Å². The van der Waals surface area contributed by atoms with Crippen molar-refractivity contribution in [2.24, 2.45) is 0 Å². The molecule has 0 N–H and O–H groups in total. The van der Waals surface area contributed by atoms with Crippen LogP contribution in [0.5, 0.6) is 0 Å². The summed E-state index contributed by atoms with van der Waals surface area (Å²) in [6, 6.07) is 8.64. The van der Waals surface area contributed by atoms with Crippen molar-refractivity contribution in [3.63, 3.8) is 0 Å². The summed E-state index contributed by atoms with van der Waals surface area (Å²) < 4.78 is 33.6. The Labute approximate surface area is 185 Å². The van der Waals surface area contributed by atoms with Crippen molar-refractivity contribution >= 4 is 23.7 Å². The normalized spacial score (nSPS) is 31.3. The predicted molar refractivity (Wildman–Crippen MR) is 106 cm³/mol. The molecule has 0 aliphatic carbocycles. The fourth-order valence-electron chi connectivity index (χ4n) is 3.75. The van der Waals surface area contributed by atoms with Crippen molar-refractivity contribution in [3.8, 4) is 0 Å². The van der Waals surface area contributed by atoms with E-state index in [0.717, 1.165) is 0 Å². The number of hydrogen-bond donors (Lipinski definition) is 0. The zero-order chi connectivity index (χ0) is 23.5. The molecule has 1 unspecified atom stereocenters. The number of rotatable bonds is 7. The molecule has 6 atom stereocenters. The van der Waals surface area contributed by atoms with E-state index in [0.29, 0.717) is 5.56 Å². The van der Waals surface area contributed by atoms with Gasteiger partial charge in [-0.15, -0.1) is 0 Å². The molecule has 0 amide bonds. The minimum absolute atomic E-state index is 0.132. The number of carbonyl (C=O) groups is 4. The van der Waals surface area contributed by atoms with Crippen LogP contribution in [0.3, 0.4) is 0 Å². The number of Topliss-reactive ketones (excluding diaryl/α,β-unsaturated/α-hetero) is 1. The van der Waals surface area contributed by atoms with Crippen LogP contribution in [0.15, 0.2) is 30.3 Å². The molecule has 2 aliphatic heterocycles. The third-order valence-corrected chi connectivity index (χ3v) is 4.97. The lowest BCUT2D eigenvalue weighted by Gasteiger charge is -2.40. The third kappa shape index (κ3) is 5.70. The number of carbonyl (C=O) groups excluding carboxylic acids is 4. The van der Waals surface area contributed by atoms with Gasteiger partial charge in [-0.05, 0) is 6.92 Å². The Balaban J connectivity index is 1.84. The fourth-order valence-corrected chi connectivity index (χ4v) is 3.75. The number of fused-ring (bicyclic) bond motifs is 1. The molecule has 2 heterocycles. The van der Waals surface area contributed by atoms with Crippen molar-refractivity contribution in [2.45, 2.75) is 70.6 Å². The number of benzene rings is 1. The van der Waals surface area contributed by atoms with E-state index in [2.05, 4.69) is 0 Å². The zero-order valence-electron chi connectivity index (χ0n) is 18.3. The highest BCUT2D eigenvalue weighted by molar-refractivity contribution is 5.96. The molecule has 0 spiro atoms. The monoisotopic (exact) mass is 450 g/mol. The summed E-state index contributed by atoms with van der Waals surface area (Å²) in [5.74, 6) is -3.47. The summed E-state index contributed by atoms with van der Waals surface area (Å²) in [5, 5.41) is 0. The molecule has 32 heavy (non-hydrogen) atoms. The molecule has 10 nitrogen and oxygen atoms in total. The van der Waals surface area contributed by atoms with Gasteiger partial charge in [-0.25, -0.2) is 0 Å². The van der Waals surface area contributed by atoms with Crippen LogP contribution in [0.1, 0.15) is 44.5 Å². The summed E-state index contributed by atoms with van der Waals surface area (Å²) in [7, 11) is 0. The molecule has 1 aromatic rings. The van der Waals surface area contributed by atoms with Crippen LogP contribution in [-0.2, 0) is 42.8 Å². The van der Waals surface area contributed by atoms with Gasteiger partial charge in [-0.2, -0.15) is 0 Å². The van der Waals surface area contributed by atoms with E-state index in [4.69, 9.17) is 28.4 Å². The average molecular weight is 450 g/mol. The summed E-state index contributed by atoms with van der Waals surface area (Å²) >= 11 is 0. The van der Waals surface area contributed by atoms with Crippen LogP contribution in [-0.4, -0.2) is 66.8 Å². The van der Waals surface area contributed by atoms with Gasteiger partial charge in [-0.1, -0.05) is 30.3 Å². The Kier molecular flexibility index (Phi) is 7.27. The van der Waals surface area contributed by atoms with Gasteiger partial charge < -0.3 is 28.4 Å². The molecule has 174 valence electrons. The Morgan fingerprint density at radius 3 is 2.12 bits per heavy atom. The van der Waals surface area contributed by atoms with E-state index in [9.17, 15) is 19.2 Å². The van der Waals surface area contributed by atoms with E-state index in [1.54, 1.807) is 37.3 Å². The Bertz CT molecular complexity index is 869. The largest absolute Gasteiger partial charge is 0.463 e. The van der Waals surface area contributed by atoms with Crippen LogP contribution in [0.2, 0.25) is 0 Å². The molecule has 0 radical (unpaired) electrons. The first-order valence-corrected chi connectivity index (χ1v) is 10.1. The van der Waals surface area contributed by atoms with Gasteiger partial charge in [0.1, 0.15) is 12.7 Å². The van der Waals surface area contributed by atoms with Gasteiger partial charge in [0.15, 0.2) is 36.2 Å². The first kappa shape index (κ1) is 23.8. The molecule has 2 saturated heterocycles. The predicted octanol–water partition coefficient (Wildman–Crippen LogP) is 1.54. The second-order valence-corrected chi connectivity index (χ2v) is 7.79. The standard InChI is InChI=1S/C22H26O10/c1-12(23)27-11-17-18(28-13(2)24)19(29-14(3)25)20-21(30-17)32-22(4,31-20)10-16(26)15-8-6-5-7-9-15/h5-9,17-21H,10-11H2,1-4H3/t17-,18-,19+,20-,21-,22?/m1/s1. The number of ether oxygens (including phenoxy) is 6. The van der Waals surface area contributed by atoms with Gasteiger partial charge in [-0.3, -0.25) is 19.2 Å². The van der Waals surface area contributed by atoms with E-state index in [-0.39, 0.29) is 18.8 Å². The van der Waals surface area contributed by atoms with Crippen LogP contribution >= 0.6 is 0 Å². The van der Waals surface area contributed by atoms with Crippen LogP contribution < -0.4 is 0 Å². The minimum atomic E-state index is -1.39. The molecular formula is C22H26O10. The number of hydrogen-bond acceptors (Lipinski definition) is 10. The summed E-state index contributed by atoms with van der Waals surface area (Å²) in [6.07, 6.45) is -5.38. The first-order chi connectivity index (χ1) is 15.1. The lowest BCUT2D eigenvalue weighted by Crippen LogP contribution is -2.60. The Hall–Kier alpha value is -2.82. The molecule has 1 aromatic carbocycles. The SMILES string of the molecule is CC(=O)OC[C@H]1O[C@@H]2OC(C)(CC(=O)c3ccccc3)O[C@@H]2[C@@H](OC(C)=O)[C@@H]1OC(C)=O. The first-order valence-electron chi connectivity index (χ1n) is 10.1. The molecule has 2 aliphatic rings. The van der Waals surface area contributed by atoms with Crippen LogP contribution in [0.25, 0.3) is 0 Å². The van der Waals surface area contributed by atoms with E-state index in [1.165, 1.54) is 20.8 Å². The highest BCUT2D eigenvalue weighted by Crippen LogP contribution is 2.40.